The van der Waals surface area contributed by atoms with Crippen LogP contribution in [-0.4, -0.2) is 0 Å². The van der Waals surface area contributed by atoms with Crippen molar-refractivity contribution >= 4 is 0 Å². The van der Waals surface area contributed by atoms with Crippen LogP contribution in [-0.2, 0) is 0 Å². The Balaban J connectivity index is 0. The summed E-state index contributed by atoms with van der Waals surface area (Å²) in [6.45, 7) is 10.4. The predicted octanol–water partition coefficient (Wildman–Crippen LogP) is 6.51. The van der Waals surface area contributed by atoms with Crippen molar-refractivity contribution < 1.29 is 0 Å². The maximum Gasteiger partial charge on any atom is -0.0353 e. The van der Waals surface area contributed by atoms with Crippen molar-refractivity contribution in [3.63, 3.8) is 0 Å². The average Bonchev–Trinajstić information content (AvgIpc) is 2.31. The van der Waals surface area contributed by atoms with Crippen LogP contribution in [0.15, 0.2) is 12.7 Å². The van der Waals surface area contributed by atoms with Gasteiger partial charge < -0.3 is 0 Å². The summed E-state index contributed by atoms with van der Waals surface area (Å²) in [7, 11) is 0. The van der Waals surface area contributed by atoms with Crippen LogP contribution in [0.1, 0.15) is 91.4 Å². The monoisotopic (exact) mass is 226 g/mol. The molecule has 0 unspecified atom stereocenters. The standard InChI is InChI=1S/C8H18.C8H16/c2*1-3-5-7-8-6-4-2/h3-8H2,1-2H3;3H,1,4-8H2,2H3. The minimum absolute atomic E-state index is 1.19. The molecule has 0 fully saturated rings. The van der Waals surface area contributed by atoms with Crippen molar-refractivity contribution in [2.75, 3.05) is 0 Å². The van der Waals surface area contributed by atoms with Gasteiger partial charge in [0.2, 0.25) is 0 Å². The first kappa shape index (κ1) is 18.1. The van der Waals surface area contributed by atoms with E-state index in [1.807, 2.05) is 6.08 Å². The van der Waals surface area contributed by atoms with Crippen LogP contribution in [0.4, 0.5) is 0 Å². The molecule has 0 heterocycles. The normalized spacial score (nSPS) is 9.44. The van der Waals surface area contributed by atoms with Crippen molar-refractivity contribution in [1.29, 1.82) is 0 Å². The molecule has 0 atom stereocenters. The second-order valence-corrected chi connectivity index (χ2v) is 4.55. The van der Waals surface area contributed by atoms with Crippen LogP contribution in [0, 0.1) is 0 Å². The van der Waals surface area contributed by atoms with Crippen LogP contribution in [0.2, 0.25) is 0 Å². The number of hydrogen-bond donors (Lipinski definition) is 0. The highest BCUT2D eigenvalue weighted by molar-refractivity contribution is 4.64. The summed E-state index contributed by atoms with van der Waals surface area (Å²) in [5.74, 6) is 0. The van der Waals surface area contributed by atoms with E-state index >= 15 is 0 Å². The first-order valence-electron chi connectivity index (χ1n) is 7.44. The molecule has 98 valence electrons. The Morgan fingerprint density at radius 2 is 1.00 bits per heavy atom. The second-order valence-electron chi connectivity index (χ2n) is 4.55. The van der Waals surface area contributed by atoms with Gasteiger partial charge in [-0.15, -0.1) is 6.58 Å². The summed E-state index contributed by atoms with van der Waals surface area (Å²) in [6, 6.07) is 0. The van der Waals surface area contributed by atoms with E-state index in [1.54, 1.807) is 0 Å². The zero-order valence-electron chi connectivity index (χ0n) is 12.1. The minimum atomic E-state index is 1.19. The van der Waals surface area contributed by atoms with Crippen molar-refractivity contribution in [3.8, 4) is 0 Å². The van der Waals surface area contributed by atoms with Crippen LogP contribution in [0.3, 0.4) is 0 Å². The number of unbranched alkanes of at least 4 members (excludes halogenated alkanes) is 9. The Morgan fingerprint density at radius 3 is 1.31 bits per heavy atom. The molecular weight excluding hydrogens is 192 g/mol. The van der Waals surface area contributed by atoms with Gasteiger partial charge in [-0.2, -0.15) is 0 Å². The van der Waals surface area contributed by atoms with Gasteiger partial charge in [-0.25, -0.2) is 0 Å². The van der Waals surface area contributed by atoms with E-state index in [4.69, 9.17) is 0 Å². The summed E-state index contributed by atoms with van der Waals surface area (Å²) < 4.78 is 0. The second kappa shape index (κ2) is 20.2. The number of hydrogen-bond acceptors (Lipinski definition) is 0. The van der Waals surface area contributed by atoms with Crippen molar-refractivity contribution in [2.45, 2.75) is 91.4 Å². The molecule has 0 heteroatoms. The SMILES string of the molecule is C=CCCCCCC.CCCCCCCC. The minimum Gasteiger partial charge on any atom is -0.103 e. The molecule has 0 saturated heterocycles. The van der Waals surface area contributed by atoms with Gasteiger partial charge in [0.1, 0.15) is 0 Å². The first-order valence-corrected chi connectivity index (χ1v) is 7.44. The summed E-state index contributed by atoms with van der Waals surface area (Å²) in [4.78, 5) is 0. The van der Waals surface area contributed by atoms with Gasteiger partial charge in [-0.05, 0) is 12.8 Å². The van der Waals surface area contributed by atoms with Gasteiger partial charge in [0.05, 0.1) is 0 Å². The quantitative estimate of drug-likeness (QED) is 0.294. The Bertz CT molecular complexity index is 98.6. The third-order valence-electron chi connectivity index (χ3n) is 2.72. The lowest BCUT2D eigenvalue weighted by molar-refractivity contribution is 0.624. The van der Waals surface area contributed by atoms with Gasteiger partial charge >= 0.3 is 0 Å². The zero-order valence-corrected chi connectivity index (χ0v) is 12.1. The molecule has 0 aliphatic carbocycles. The van der Waals surface area contributed by atoms with Crippen LogP contribution >= 0.6 is 0 Å². The average molecular weight is 226 g/mol. The molecule has 0 aromatic carbocycles. The Kier molecular flexibility index (Phi) is 22.9. The van der Waals surface area contributed by atoms with Crippen LogP contribution < -0.4 is 0 Å². The fourth-order valence-corrected chi connectivity index (χ4v) is 1.57. The molecule has 0 N–H and O–H groups in total. The topological polar surface area (TPSA) is 0 Å². The summed E-state index contributed by atoms with van der Waals surface area (Å²) in [6.07, 6.45) is 17.1. The van der Waals surface area contributed by atoms with E-state index in [0.717, 1.165) is 0 Å². The van der Waals surface area contributed by atoms with Gasteiger partial charge in [-0.1, -0.05) is 84.6 Å². The van der Waals surface area contributed by atoms with Gasteiger partial charge in [0.15, 0.2) is 0 Å². The molecule has 0 aromatic rings. The highest BCUT2D eigenvalue weighted by Gasteiger charge is 1.83. The number of allylic oxidation sites excluding steroid dienone is 1. The fraction of sp³-hybridized carbons (Fsp3) is 0.875. The fourth-order valence-electron chi connectivity index (χ4n) is 1.57. The molecular formula is C16H34. The smallest absolute Gasteiger partial charge is 0.0353 e. The van der Waals surface area contributed by atoms with Crippen LogP contribution in [0.5, 0.6) is 0 Å². The van der Waals surface area contributed by atoms with Crippen molar-refractivity contribution in [3.05, 3.63) is 12.7 Å². The van der Waals surface area contributed by atoms with Gasteiger partial charge in [0, 0.05) is 0 Å². The molecule has 0 aliphatic heterocycles. The van der Waals surface area contributed by atoms with Crippen molar-refractivity contribution in [2.24, 2.45) is 0 Å². The molecule has 0 rings (SSSR count). The molecule has 0 bridgehead atoms. The van der Waals surface area contributed by atoms with Crippen molar-refractivity contribution in [1.82, 2.24) is 0 Å². The number of rotatable bonds is 10. The van der Waals surface area contributed by atoms with E-state index in [9.17, 15) is 0 Å². The van der Waals surface area contributed by atoms with E-state index in [0.29, 0.717) is 0 Å². The molecule has 16 heavy (non-hydrogen) atoms. The summed E-state index contributed by atoms with van der Waals surface area (Å²) in [5, 5.41) is 0. The lowest BCUT2D eigenvalue weighted by Crippen LogP contribution is -1.73. The first-order chi connectivity index (χ1) is 7.83. The highest BCUT2D eigenvalue weighted by Crippen LogP contribution is 2.03. The third-order valence-corrected chi connectivity index (χ3v) is 2.72. The molecule has 0 nitrogen and oxygen atoms in total. The Labute approximate surface area is 105 Å². The van der Waals surface area contributed by atoms with Crippen LogP contribution in [0.25, 0.3) is 0 Å². The van der Waals surface area contributed by atoms with E-state index in [2.05, 4.69) is 27.4 Å². The zero-order chi connectivity index (χ0) is 12.5. The Hall–Kier alpha value is -0.260. The summed E-state index contributed by atoms with van der Waals surface area (Å²) >= 11 is 0. The molecule has 0 spiro atoms. The molecule has 0 aromatic heterocycles. The van der Waals surface area contributed by atoms with Gasteiger partial charge in [0.25, 0.3) is 0 Å². The Morgan fingerprint density at radius 1 is 0.625 bits per heavy atom. The molecule has 0 amide bonds. The molecule has 0 radical (unpaired) electrons. The maximum absolute atomic E-state index is 3.66. The predicted molar refractivity (Wildman–Crippen MR) is 78.0 cm³/mol. The molecule has 0 saturated carbocycles. The van der Waals surface area contributed by atoms with E-state index in [1.165, 1.54) is 70.6 Å². The summed E-state index contributed by atoms with van der Waals surface area (Å²) in [5.41, 5.74) is 0. The highest BCUT2D eigenvalue weighted by atomic mass is 13.9. The lowest BCUT2D eigenvalue weighted by Gasteiger charge is -1.93. The van der Waals surface area contributed by atoms with E-state index < -0.39 is 0 Å². The molecule has 0 aliphatic rings. The van der Waals surface area contributed by atoms with Gasteiger partial charge in [-0.3, -0.25) is 0 Å². The largest absolute Gasteiger partial charge is 0.103 e. The maximum atomic E-state index is 3.66. The third kappa shape index (κ3) is 23.5. The lowest BCUT2D eigenvalue weighted by atomic mass is 10.1. The van der Waals surface area contributed by atoms with E-state index in [-0.39, 0.29) is 0 Å².